The molecule has 0 aliphatic heterocycles. The van der Waals surface area contributed by atoms with Gasteiger partial charge in [0.05, 0.1) is 5.02 Å². The van der Waals surface area contributed by atoms with E-state index in [-0.39, 0.29) is 10.9 Å². The zero-order chi connectivity index (χ0) is 9.42. The van der Waals surface area contributed by atoms with Crippen molar-refractivity contribution in [2.75, 3.05) is 0 Å². The molecule has 0 radical (unpaired) electrons. The summed E-state index contributed by atoms with van der Waals surface area (Å²) < 4.78 is 0. The number of hydrogen-bond donors (Lipinski definition) is 1. The van der Waals surface area contributed by atoms with Gasteiger partial charge in [-0.05, 0) is 6.07 Å². The van der Waals surface area contributed by atoms with Crippen molar-refractivity contribution in [2.24, 2.45) is 0 Å². The van der Waals surface area contributed by atoms with Crippen LogP contribution in [0.3, 0.4) is 0 Å². The van der Waals surface area contributed by atoms with Crippen LogP contribution in [0.4, 0.5) is 0 Å². The Kier molecular flexibility index (Phi) is 1.98. The van der Waals surface area contributed by atoms with Gasteiger partial charge in [-0.25, -0.2) is 4.98 Å². The Labute approximate surface area is 84.0 Å². The molecule has 2 aromatic rings. The summed E-state index contributed by atoms with van der Waals surface area (Å²) in [6, 6.07) is 2.92. The first kappa shape index (κ1) is 8.53. The highest BCUT2D eigenvalue weighted by Crippen LogP contribution is 2.28. The molecule has 0 saturated carbocycles. The van der Waals surface area contributed by atoms with Crippen molar-refractivity contribution in [3.63, 3.8) is 0 Å². The minimum absolute atomic E-state index is 0.0226. The first-order chi connectivity index (χ1) is 6.18. The van der Waals surface area contributed by atoms with Crippen molar-refractivity contribution < 1.29 is 5.11 Å². The summed E-state index contributed by atoms with van der Waals surface area (Å²) in [4.78, 5) is 7.87. The highest BCUT2D eigenvalue weighted by atomic mass is 35.5. The minimum Gasteiger partial charge on any atom is -0.506 e. The van der Waals surface area contributed by atoms with Gasteiger partial charge in [-0.15, -0.1) is 0 Å². The summed E-state index contributed by atoms with van der Waals surface area (Å²) in [7, 11) is 0. The van der Waals surface area contributed by atoms with Gasteiger partial charge in [0.25, 0.3) is 0 Å². The molecule has 0 unspecified atom stereocenters. The van der Waals surface area contributed by atoms with Crippen LogP contribution in [0.1, 0.15) is 0 Å². The molecule has 1 N–H and O–H groups in total. The Morgan fingerprint density at radius 3 is 2.77 bits per heavy atom. The van der Waals surface area contributed by atoms with Crippen LogP contribution in [0.2, 0.25) is 10.2 Å². The Morgan fingerprint density at radius 1 is 1.23 bits per heavy atom. The number of aromatic hydroxyl groups is 1. The molecule has 2 heterocycles. The zero-order valence-corrected chi connectivity index (χ0v) is 7.84. The number of nitrogens with zero attached hydrogens (tertiary/aromatic N) is 2. The van der Waals surface area contributed by atoms with E-state index < -0.39 is 0 Å². The Hall–Kier alpha value is -1.06. The number of halogens is 2. The van der Waals surface area contributed by atoms with Crippen LogP contribution in [0.15, 0.2) is 18.3 Å². The van der Waals surface area contributed by atoms with Gasteiger partial charge in [-0.2, -0.15) is 0 Å². The van der Waals surface area contributed by atoms with E-state index in [2.05, 4.69) is 9.97 Å². The molecular weight excluding hydrogens is 211 g/mol. The van der Waals surface area contributed by atoms with Gasteiger partial charge in [0.1, 0.15) is 21.9 Å². The van der Waals surface area contributed by atoms with Crippen LogP contribution in [0, 0.1) is 0 Å². The molecule has 0 amide bonds. The second kappa shape index (κ2) is 3.01. The maximum atomic E-state index is 9.40. The lowest BCUT2D eigenvalue weighted by Crippen LogP contribution is -1.85. The van der Waals surface area contributed by atoms with E-state index >= 15 is 0 Å². The van der Waals surface area contributed by atoms with E-state index in [4.69, 9.17) is 23.2 Å². The predicted molar refractivity (Wildman–Crippen MR) is 51.2 cm³/mol. The van der Waals surface area contributed by atoms with E-state index in [1.165, 1.54) is 18.3 Å². The molecule has 0 saturated heterocycles. The van der Waals surface area contributed by atoms with Crippen molar-refractivity contribution >= 4 is 34.2 Å². The summed E-state index contributed by atoms with van der Waals surface area (Å²) >= 11 is 11.5. The number of pyridine rings is 2. The summed E-state index contributed by atoms with van der Waals surface area (Å²) in [5, 5.41) is 10.0. The predicted octanol–water partition coefficient (Wildman–Crippen LogP) is 2.64. The average Bonchev–Trinajstić information content (AvgIpc) is 2.07. The number of hydrogen-bond acceptors (Lipinski definition) is 3. The third kappa shape index (κ3) is 1.41. The standard InChI is InChI=1S/C8H4Cl2N2O/c9-4-3-6(10)12-8-5(13)1-2-11-7(4)8/h1-3H,(H,11,13). The zero-order valence-electron chi connectivity index (χ0n) is 6.33. The topological polar surface area (TPSA) is 46.0 Å². The molecule has 0 aliphatic rings. The van der Waals surface area contributed by atoms with E-state index in [1.807, 2.05) is 0 Å². The second-order valence-corrected chi connectivity index (χ2v) is 3.25. The van der Waals surface area contributed by atoms with Gasteiger partial charge in [0.15, 0.2) is 0 Å². The quantitative estimate of drug-likeness (QED) is 0.687. The van der Waals surface area contributed by atoms with Crippen LogP contribution in [0.5, 0.6) is 5.75 Å². The molecule has 0 spiro atoms. The lowest BCUT2D eigenvalue weighted by molar-refractivity contribution is 0.480. The molecule has 0 aliphatic carbocycles. The molecule has 0 aromatic carbocycles. The fourth-order valence-electron chi connectivity index (χ4n) is 1.04. The van der Waals surface area contributed by atoms with Crippen LogP contribution in [0.25, 0.3) is 11.0 Å². The molecule has 5 heteroatoms. The van der Waals surface area contributed by atoms with Crippen molar-refractivity contribution in [1.29, 1.82) is 0 Å². The van der Waals surface area contributed by atoms with Gasteiger partial charge < -0.3 is 5.11 Å². The maximum Gasteiger partial charge on any atom is 0.145 e. The SMILES string of the molecule is Oc1ccnc2c(Cl)cc(Cl)nc12. The fourth-order valence-corrected chi connectivity index (χ4v) is 1.53. The Morgan fingerprint density at radius 2 is 2.00 bits per heavy atom. The summed E-state index contributed by atoms with van der Waals surface area (Å²) in [5.41, 5.74) is 0.770. The van der Waals surface area contributed by atoms with Crippen LogP contribution in [-0.2, 0) is 0 Å². The molecule has 2 rings (SSSR count). The summed E-state index contributed by atoms with van der Waals surface area (Å²) in [6.07, 6.45) is 1.46. The highest BCUT2D eigenvalue weighted by Gasteiger charge is 2.07. The molecule has 13 heavy (non-hydrogen) atoms. The largest absolute Gasteiger partial charge is 0.506 e. The number of rotatable bonds is 0. The van der Waals surface area contributed by atoms with Crippen LogP contribution < -0.4 is 0 Å². The van der Waals surface area contributed by atoms with E-state index in [9.17, 15) is 5.11 Å². The Balaban J connectivity index is 2.94. The normalized spacial score (nSPS) is 10.6. The number of fused-ring (bicyclic) bond motifs is 1. The van der Waals surface area contributed by atoms with E-state index in [0.29, 0.717) is 16.1 Å². The smallest absolute Gasteiger partial charge is 0.145 e. The number of aromatic nitrogens is 2. The molecule has 0 atom stereocenters. The summed E-state index contributed by atoms with van der Waals surface area (Å²) in [6.45, 7) is 0. The third-order valence-corrected chi connectivity index (χ3v) is 2.08. The van der Waals surface area contributed by atoms with Crippen molar-refractivity contribution in [3.05, 3.63) is 28.5 Å². The lowest BCUT2D eigenvalue weighted by atomic mass is 10.3. The monoisotopic (exact) mass is 214 g/mol. The van der Waals surface area contributed by atoms with Crippen molar-refractivity contribution in [2.45, 2.75) is 0 Å². The van der Waals surface area contributed by atoms with Gasteiger partial charge >= 0.3 is 0 Å². The first-order valence-electron chi connectivity index (χ1n) is 3.48. The van der Waals surface area contributed by atoms with Crippen LogP contribution in [-0.4, -0.2) is 15.1 Å². The second-order valence-electron chi connectivity index (χ2n) is 2.45. The van der Waals surface area contributed by atoms with Crippen molar-refractivity contribution in [3.8, 4) is 5.75 Å². The first-order valence-corrected chi connectivity index (χ1v) is 4.24. The molecule has 66 valence electrons. The fraction of sp³-hybridized carbons (Fsp3) is 0. The van der Waals surface area contributed by atoms with Gasteiger partial charge in [0, 0.05) is 12.3 Å². The Bertz CT molecular complexity index is 473. The van der Waals surface area contributed by atoms with Gasteiger partial charge in [-0.1, -0.05) is 23.2 Å². The lowest BCUT2D eigenvalue weighted by Gasteiger charge is -2.00. The molecule has 2 aromatic heterocycles. The molecule has 3 nitrogen and oxygen atoms in total. The van der Waals surface area contributed by atoms with Gasteiger partial charge in [-0.3, -0.25) is 4.98 Å². The average molecular weight is 215 g/mol. The minimum atomic E-state index is 0.0226. The summed E-state index contributed by atoms with van der Waals surface area (Å²) in [5.74, 6) is 0.0226. The van der Waals surface area contributed by atoms with Crippen LogP contribution >= 0.6 is 23.2 Å². The van der Waals surface area contributed by atoms with Crippen molar-refractivity contribution in [1.82, 2.24) is 9.97 Å². The highest BCUT2D eigenvalue weighted by molar-refractivity contribution is 6.37. The van der Waals surface area contributed by atoms with E-state index in [1.54, 1.807) is 0 Å². The maximum absolute atomic E-state index is 9.40. The van der Waals surface area contributed by atoms with E-state index in [0.717, 1.165) is 0 Å². The third-order valence-electron chi connectivity index (χ3n) is 1.59. The molecule has 0 bridgehead atoms. The van der Waals surface area contributed by atoms with Gasteiger partial charge in [0.2, 0.25) is 0 Å². The molecule has 0 fully saturated rings. The molecular formula is C8H4Cl2N2O.